The van der Waals surface area contributed by atoms with Gasteiger partial charge in [0, 0.05) is 37.0 Å². The molecule has 1 aromatic heterocycles. The summed E-state index contributed by atoms with van der Waals surface area (Å²) < 4.78 is 5.73. The summed E-state index contributed by atoms with van der Waals surface area (Å²) >= 11 is 0. The van der Waals surface area contributed by atoms with Crippen LogP contribution in [0, 0.1) is 0 Å². The molecule has 1 saturated heterocycles. The van der Waals surface area contributed by atoms with E-state index in [1.54, 1.807) is 0 Å². The molecule has 1 fully saturated rings. The molecule has 2 rings (SSSR count). The van der Waals surface area contributed by atoms with Crippen LogP contribution in [0.15, 0.2) is 6.20 Å². The van der Waals surface area contributed by atoms with Crippen LogP contribution in [-0.2, 0) is 24.1 Å². The van der Waals surface area contributed by atoms with E-state index in [0.717, 1.165) is 49.4 Å². The average Bonchev–Trinajstić information content (AvgIpc) is 2.41. The van der Waals surface area contributed by atoms with E-state index in [1.165, 1.54) is 12.8 Å². The second-order valence-corrected chi connectivity index (χ2v) is 4.90. The third-order valence-electron chi connectivity index (χ3n) is 3.40. The Morgan fingerprint density at radius 2 is 2.33 bits per heavy atom. The second-order valence-electron chi connectivity index (χ2n) is 4.90. The number of aryl methyl sites for hydroxylation is 1. The van der Waals surface area contributed by atoms with Gasteiger partial charge in [-0.15, -0.1) is 0 Å². The predicted molar refractivity (Wildman–Crippen MR) is 71.2 cm³/mol. The summed E-state index contributed by atoms with van der Waals surface area (Å²) in [5.41, 5.74) is 7.90. The highest BCUT2D eigenvalue weighted by Crippen LogP contribution is 2.16. The molecule has 2 N–H and O–H groups in total. The van der Waals surface area contributed by atoms with E-state index in [9.17, 15) is 0 Å². The summed E-state index contributed by atoms with van der Waals surface area (Å²) in [6.45, 7) is 3.56. The second kappa shape index (κ2) is 6.81. The molecule has 4 heteroatoms. The fourth-order valence-electron chi connectivity index (χ4n) is 2.38. The molecule has 4 nitrogen and oxygen atoms in total. The molecular formula is C14H23N3O. The minimum absolute atomic E-state index is 0.303. The minimum Gasteiger partial charge on any atom is -0.378 e. The van der Waals surface area contributed by atoms with Gasteiger partial charge in [-0.1, -0.05) is 13.3 Å². The number of nitrogens with two attached hydrogens (primary N) is 1. The van der Waals surface area contributed by atoms with Crippen molar-refractivity contribution < 1.29 is 4.74 Å². The normalized spacial score (nSPS) is 20.0. The van der Waals surface area contributed by atoms with E-state index in [-0.39, 0.29) is 0 Å². The first-order valence-corrected chi connectivity index (χ1v) is 6.98. The largest absolute Gasteiger partial charge is 0.378 e. The minimum atomic E-state index is 0.303. The lowest BCUT2D eigenvalue weighted by Gasteiger charge is -2.22. The number of nitrogens with zero attached hydrogens (tertiary/aromatic N) is 2. The van der Waals surface area contributed by atoms with Gasteiger partial charge in [0.25, 0.3) is 0 Å². The summed E-state index contributed by atoms with van der Waals surface area (Å²) in [6, 6.07) is 0. The molecular weight excluding hydrogens is 226 g/mol. The molecule has 0 radical (unpaired) electrons. The van der Waals surface area contributed by atoms with Crippen molar-refractivity contribution >= 4 is 0 Å². The molecule has 0 aliphatic carbocycles. The third-order valence-corrected chi connectivity index (χ3v) is 3.40. The van der Waals surface area contributed by atoms with Gasteiger partial charge in [0.2, 0.25) is 0 Å². The van der Waals surface area contributed by atoms with Crippen molar-refractivity contribution in [2.24, 2.45) is 5.73 Å². The number of ether oxygens (including phenoxy) is 1. The van der Waals surface area contributed by atoms with E-state index >= 15 is 0 Å². The molecule has 100 valence electrons. The summed E-state index contributed by atoms with van der Waals surface area (Å²) in [4.78, 5) is 9.07. The lowest BCUT2D eigenvalue weighted by Crippen LogP contribution is -2.23. The third kappa shape index (κ3) is 3.50. The van der Waals surface area contributed by atoms with Gasteiger partial charge < -0.3 is 10.5 Å². The van der Waals surface area contributed by atoms with Crippen molar-refractivity contribution in [2.45, 2.75) is 58.1 Å². The van der Waals surface area contributed by atoms with Crippen LogP contribution in [-0.4, -0.2) is 22.7 Å². The Kier molecular flexibility index (Phi) is 5.08. The maximum atomic E-state index is 5.73. The van der Waals surface area contributed by atoms with E-state index in [4.69, 9.17) is 10.5 Å². The smallest absolute Gasteiger partial charge is 0.131 e. The monoisotopic (exact) mass is 249 g/mol. The first-order valence-electron chi connectivity index (χ1n) is 6.98. The highest BCUT2D eigenvalue weighted by molar-refractivity contribution is 5.17. The van der Waals surface area contributed by atoms with Crippen molar-refractivity contribution in [3.8, 4) is 0 Å². The van der Waals surface area contributed by atoms with Crippen molar-refractivity contribution in [3.05, 3.63) is 23.3 Å². The molecule has 1 aliphatic rings. The van der Waals surface area contributed by atoms with Crippen LogP contribution < -0.4 is 5.73 Å². The number of hydrogen-bond donors (Lipinski definition) is 1. The van der Waals surface area contributed by atoms with Gasteiger partial charge in [-0.25, -0.2) is 9.97 Å². The van der Waals surface area contributed by atoms with Crippen LogP contribution in [0.2, 0.25) is 0 Å². The van der Waals surface area contributed by atoms with Gasteiger partial charge in [0.15, 0.2) is 0 Å². The Labute approximate surface area is 109 Å². The SMILES string of the molecule is CCCc1nc(CC2CCCCO2)ncc1CN. The zero-order valence-electron chi connectivity index (χ0n) is 11.2. The molecule has 0 amide bonds. The topological polar surface area (TPSA) is 61.0 Å². The lowest BCUT2D eigenvalue weighted by atomic mass is 10.1. The fourth-order valence-corrected chi connectivity index (χ4v) is 2.38. The van der Waals surface area contributed by atoms with Gasteiger partial charge in [0.1, 0.15) is 5.82 Å². The van der Waals surface area contributed by atoms with Crippen LogP contribution in [0.5, 0.6) is 0 Å². The molecule has 0 spiro atoms. The van der Waals surface area contributed by atoms with Crippen molar-refractivity contribution in [1.29, 1.82) is 0 Å². The average molecular weight is 249 g/mol. The molecule has 0 aromatic carbocycles. The van der Waals surface area contributed by atoms with E-state index < -0.39 is 0 Å². The number of aromatic nitrogens is 2. The Morgan fingerprint density at radius 3 is 3.00 bits per heavy atom. The molecule has 0 bridgehead atoms. The maximum absolute atomic E-state index is 5.73. The standard InChI is InChI=1S/C14H23N3O/c1-2-5-13-11(9-15)10-16-14(17-13)8-12-6-3-4-7-18-12/h10,12H,2-9,15H2,1H3. The van der Waals surface area contributed by atoms with Crippen molar-refractivity contribution in [2.75, 3.05) is 6.61 Å². The maximum Gasteiger partial charge on any atom is 0.131 e. The van der Waals surface area contributed by atoms with Crippen molar-refractivity contribution in [1.82, 2.24) is 9.97 Å². The van der Waals surface area contributed by atoms with E-state index in [0.29, 0.717) is 12.6 Å². The van der Waals surface area contributed by atoms with Gasteiger partial charge in [-0.05, 0) is 25.7 Å². The summed E-state index contributed by atoms with van der Waals surface area (Å²) in [6.07, 6.45) is 8.66. The molecule has 1 atom stereocenters. The molecule has 2 heterocycles. The van der Waals surface area contributed by atoms with Crippen LogP contribution in [0.4, 0.5) is 0 Å². The summed E-state index contributed by atoms with van der Waals surface area (Å²) in [5, 5.41) is 0. The zero-order chi connectivity index (χ0) is 12.8. The number of rotatable bonds is 5. The highest BCUT2D eigenvalue weighted by atomic mass is 16.5. The summed E-state index contributed by atoms with van der Waals surface area (Å²) in [5.74, 6) is 0.905. The van der Waals surface area contributed by atoms with Gasteiger partial charge in [-0.3, -0.25) is 0 Å². The highest BCUT2D eigenvalue weighted by Gasteiger charge is 2.16. The van der Waals surface area contributed by atoms with E-state index in [1.807, 2.05) is 6.20 Å². The Hall–Kier alpha value is -1.00. The Morgan fingerprint density at radius 1 is 1.44 bits per heavy atom. The zero-order valence-corrected chi connectivity index (χ0v) is 11.2. The van der Waals surface area contributed by atoms with Gasteiger partial charge in [-0.2, -0.15) is 0 Å². The molecule has 1 aromatic rings. The van der Waals surface area contributed by atoms with Crippen LogP contribution in [0.1, 0.15) is 49.7 Å². The Balaban J connectivity index is 2.05. The molecule has 18 heavy (non-hydrogen) atoms. The Bertz CT molecular complexity index is 375. The molecule has 0 saturated carbocycles. The first kappa shape index (κ1) is 13.4. The van der Waals surface area contributed by atoms with Gasteiger partial charge in [0.05, 0.1) is 6.10 Å². The van der Waals surface area contributed by atoms with Crippen molar-refractivity contribution in [3.63, 3.8) is 0 Å². The summed E-state index contributed by atoms with van der Waals surface area (Å²) in [7, 11) is 0. The molecule has 1 unspecified atom stereocenters. The lowest BCUT2D eigenvalue weighted by molar-refractivity contribution is 0.0156. The number of hydrogen-bond acceptors (Lipinski definition) is 4. The van der Waals surface area contributed by atoms with Crippen LogP contribution in [0.3, 0.4) is 0 Å². The predicted octanol–water partition coefficient (Wildman–Crippen LogP) is 2.00. The molecule has 1 aliphatic heterocycles. The van der Waals surface area contributed by atoms with Crippen LogP contribution in [0.25, 0.3) is 0 Å². The first-order chi connectivity index (χ1) is 8.83. The fraction of sp³-hybridized carbons (Fsp3) is 0.714. The van der Waals surface area contributed by atoms with Gasteiger partial charge >= 0.3 is 0 Å². The van der Waals surface area contributed by atoms with E-state index in [2.05, 4.69) is 16.9 Å². The van der Waals surface area contributed by atoms with Crippen LogP contribution >= 0.6 is 0 Å². The quantitative estimate of drug-likeness (QED) is 0.867.